The first-order valence-corrected chi connectivity index (χ1v) is 12.8. The Balaban J connectivity index is 1.63. The maximum Gasteiger partial charge on any atom is 0.332 e. The average Bonchev–Trinajstić information content (AvgIpc) is 3.42. The van der Waals surface area contributed by atoms with Crippen LogP contribution < -0.4 is 25.1 Å². The van der Waals surface area contributed by atoms with Crippen LogP contribution in [0.15, 0.2) is 46.9 Å². The highest BCUT2D eigenvalue weighted by atomic mass is 16.7. The minimum Gasteiger partial charge on any atom is -0.496 e. The topological polar surface area (TPSA) is 149 Å². The predicted molar refractivity (Wildman–Crippen MR) is 150 cm³/mol. The number of hydrogen-bond donors (Lipinski definition) is 2. The van der Waals surface area contributed by atoms with Gasteiger partial charge in [0.2, 0.25) is 18.6 Å². The molecule has 2 aromatic heterocycles. The van der Waals surface area contributed by atoms with Crippen LogP contribution in [0.2, 0.25) is 0 Å². The number of carbonyl (C=O) groups excluding carboxylic acids is 2. The van der Waals surface area contributed by atoms with E-state index in [4.69, 9.17) is 14.2 Å². The first kappa shape index (κ1) is 27.4. The number of fused-ring (bicyclic) bond motifs is 6. The monoisotopic (exact) mass is 560 g/mol. The van der Waals surface area contributed by atoms with Crippen molar-refractivity contribution in [1.82, 2.24) is 19.8 Å². The number of likely N-dealkylation sites (N-methyl/N-ethyl adjacent to an activating group) is 1. The Morgan fingerprint density at radius 2 is 1.85 bits per heavy atom. The number of amides is 2. The molecule has 0 saturated heterocycles. The summed E-state index contributed by atoms with van der Waals surface area (Å²) in [6, 6.07) is 7.14. The molecule has 1 aliphatic rings. The zero-order valence-electron chi connectivity index (χ0n) is 22.9. The van der Waals surface area contributed by atoms with Gasteiger partial charge in [-0.1, -0.05) is 0 Å². The van der Waals surface area contributed by atoms with Gasteiger partial charge in [0.05, 0.1) is 35.5 Å². The third-order valence-electron chi connectivity index (χ3n) is 7.14. The molecule has 0 atom stereocenters. The number of benzene rings is 2. The molecule has 5 rings (SSSR count). The van der Waals surface area contributed by atoms with Gasteiger partial charge in [-0.05, 0) is 36.1 Å². The van der Waals surface area contributed by atoms with Gasteiger partial charge in [-0.3, -0.25) is 19.4 Å². The van der Waals surface area contributed by atoms with E-state index in [0.717, 1.165) is 17.0 Å². The van der Waals surface area contributed by atoms with Gasteiger partial charge >= 0.3 is 5.97 Å². The van der Waals surface area contributed by atoms with Crippen molar-refractivity contribution < 1.29 is 33.7 Å². The maximum atomic E-state index is 14.0. The third-order valence-corrected chi connectivity index (χ3v) is 7.14. The minimum atomic E-state index is -1.37. The number of ether oxygens (including phenoxy) is 3. The molecule has 0 spiro atoms. The number of nitrogens with zero attached hydrogens (tertiary/aromatic N) is 3. The molecule has 0 unspecified atom stereocenters. The Hall–Kier alpha value is -5.13. The zero-order chi connectivity index (χ0) is 29.4. The van der Waals surface area contributed by atoms with E-state index < -0.39 is 24.2 Å². The molecule has 2 aromatic carbocycles. The quantitative estimate of drug-likeness (QED) is 0.245. The number of nitrogens with one attached hydrogen (secondary N) is 1. The molecule has 2 N–H and O–H groups in total. The summed E-state index contributed by atoms with van der Waals surface area (Å²) in [7, 11) is 4.41. The Morgan fingerprint density at radius 3 is 2.54 bits per heavy atom. The van der Waals surface area contributed by atoms with Gasteiger partial charge in [0.15, 0.2) is 11.5 Å². The first-order chi connectivity index (χ1) is 19.6. The SMILES string of the molecule is CNC(=O)C/C(=C/C(=O)N(C)CCn1c(=O)c2cc(OC)c(C)cc2c2cnc3cc4c(cc3c21)OCO4)C(=O)O. The summed E-state index contributed by atoms with van der Waals surface area (Å²) in [5.74, 6) is -0.859. The summed E-state index contributed by atoms with van der Waals surface area (Å²) in [5, 5.41) is 14.3. The molecule has 0 radical (unpaired) electrons. The van der Waals surface area contributed by atoms with E-state index in [9.17, 15) is 24.3 Å². The molecule has 0 aliphatic carbocycles. The van der Waals surface area contributed by atoms with Gasteiger partial charge in [0.25, 0.3) is 5.56 Å². The lowest BCUT2D eigenvalue weighted by molar-refractivity contribution is -0.134. The van der Waals surface area contributed by atoms with Crippen LogP contribution in [0.3, 0.4) is 0 Å². The van der Waals surface area contributed by atoms with Gasteiger partial charge < -0.3 is 34.1 Å². The van der Waals surface area contributed by atoms with Gasteiger partial charge in [-0.2, -0.15) is 0 Å². The second kappa shape index (κ2) is 10.8. The average molecular weight is 561 g/mol. The third kappa shape index (κ3) is 4.99. The lowest BCUT2D eigenvalue weighted by Crippen LogP contribution is -2.33. The molecular weight excluding hydrogens is 532 g/mol. The molecule has 0 bridgehead atoms. The summed E-state index contributed by atoms with van der Waals surface area (Å²) < 4.78 is 18.2. The highest BCUT2D eigenvalue weighted by Gasteiger charge is 2.21. The van der Waals surface area contributed by atoms with Crippen LogP contribution in [0.4, 0.5) is 0 Å². The molecule has 0 saturated carbocycles. The number of rotatable bonds is 8. The standard InChI is InChI=1S/C29H28N4O8/c1-15-7-17-18(10-22(15)39-4)28(36)33(6-5-32(3)26(35)9-16(29(37)38)8-25(34)30-2)27-19-11-23-24(41-14-40-23)12-21(19)31-13-20(17)27/h7,9-13H,5-6,8,14H2,1-4H3,(H,30,34)(H,37,38)/b16-9-. The maximum absolute atomic E-state index is 14.0. The van der Waals surface area contributed by atoms with Crippen LogP contribution in [-0.2, 0) is 20.9 Å². The van der Waals surface area contributed by atoms with Crippen molar-refractivity contribution in [2.24, 2.45) is 0 Å². The minimum absolute atomic E-state index is 0.0695. The van der Waals surface area contributed by atoms with Crippen molar-refractivity contribution in [2.75, 3.05) is 34.5 Å². The molecule has 12 nitrogen and oxygen atoms in total. The molecule has 1 aliphatic heterocycles. The zero-order valence-corrected chi connectivity index (χ0v) is 22.9. The number of aliphatic carboxylic acids is 1. The molecule has 0 fully saturated rings. The van der Waals surface area contributed by atoms with Crippen molar-refractivity contribution in [3.05, 3.63) is 58.0 Å². The highest BCUT2D eigenvalue weighted by Crippen LogP contribution is 2.39. The number of carboxylic acid groups (broad SMARTS) is 1. The molecule has 3 heterocycles. The Kier molecular flexibility index (Phi) is 7.22. The number of hydrogen-bond acceptors (Lipinski definition) is 8. The second-order valence-corrected chi connectivity index (χ2v) is 9.65. The van der Waals surface area contributed by atoms with Crippen LogP contribution in [-0.4, -0.2) is 71.9 Å². The largest absolute Gasteiger partial charge is 0.496 e. The van der Waals surface area contributed by atoms with E-state index in [1.807, 2.05) is 13.0 Å². The van der Waals surface area contributed by atoms with Gasteiger partial charge in [-0.15, -0.1) is 0 Å². The molecule has 4 aromatic rings. The van der Waals surface area contributed by atoms with E-state index in [-0.39, 0.29) is 31.0 Å². The molecule has 212 valence electrons. The van der Waals surface area contributed by atoms with Gasteiger partial charge in [-0.25, -0.2) is 4.79 Å². The van der Waals surface area contributed by atoms with Crippen LogP contribution in [0, 0.1) is 6.92 Å². The van der Waals surface area contributed by atoms with Crippen molar-refractivity contribution in [2.45, 2.75) is 19.9 Å². The Morgan fingerprint density at radius 1 is 1.12 bits per heavy atom. The van der Waals surface area contributed by atoms with Crippen molar-refractivity contribution >= 4 is 50.4 Å². The second-order valence-electron chi connectivity index (χ2n) is 9.65. The lowest BCUT2D eigenvalue weighted by atomic mass is 10.0. The molecule has 41 heavy (non-hydrogen) atoms. The van der Waals surface area contributed by atoms with E-state index in [0.29, 0.717) is 44.4 Å². The summed E-state index contributed by atoms with van der Waals surface area (Å²) in [5.41, 5.74) is 1.43. The molecule has 12 heteroatoms. The van der Waals surface area contributed by atoms with E-state index in [1.165, 1.54) is 26.1 Å². The van der Waals surface area contributed by atoms with E-state index in [2.05, 4.69) is 10.3 Å². The number of methoxy groups -OCH3 is 1. The van der Waals surface area contributed by atoms with E-state index >= 15 is 0 Å². The number of carbonyl (C=O) groups is 3. The normalized spacial score (nSPS) is 12.6. The van der Waals surface area contributed by atoms with Crippen molar-refractivity contribution in [3.8, 4) is 17.2 Å². The van der Waals surface area contributed by atoms with Crippen LogP contribution in [0.1, 0.15) is 12.0 Å². The molecule has 2 amide bonds. The number of pyridine rings is 2. The summed E-state index contributed by atoms with van der Waals surface area (Å²) in [6.45, 7) is 2.13. The fourth-order valence-electron chi connectivity index (χ4n) is 4.89. The van der Waals surface area contributed by atoms with Crippen LogP contribution >= 0.6 is 0 Å². The van der Waals surface area contributed by atoms with E-state index in [1.54, 1.807) is 29.0 Å². The summed E-state index contributed by atoms with van der Waals surface area (Å²) >= 11 is 0. The van der Waals surface area contributed by atoms with Crippen LogP contribution in [0.25, 0.3) is 32.6 Å². The summed E-state index contributed by atoms with van der Waals surface area (Å²) in [6.07, 6.45) is 2.18. The summed E-state index contributed by atoms with van der Waals surface area (Å²) in [4.78, 5) is 56.1. The smallest absolute Gasteiger partial charge is 0.332 e. The van der Waals surface area contributed by atoms with Crippen molar-refractivity contribution in [3.63, 3.8) is 0 Å². The van der Waals surface area contributed by atoms with Gasteiger partial charge in [0.1, 0.15) is 5.75 Å². The number of carboxylic acids is 1. The fourth-order valence-corrected chi connectivity index (χ4v) is 4.89. The van der Waals surface area contributed by atoms with Crippen molar-refractivity contribution in [1.29, 1.82) is 0 Å². The lowest BCUT2D eigenvalue weighted by Gasteiger charge is -2.20. The highest BCUT2D eigenvalue weighted by molar-refractivity contribution is 6.15. The van der Waals surface area contributed by atoms with Gasteiger partial charge in [0, 0.05) is 56.3 Å². The predicted octanol–water partition coefficient (Wildman–Crippen LogP) is 2.35. The fraction of sp³-hybridized carbons (Fsp3) is 0.276. The number of aryl methyl sites for hydroxylation is 1. The Labute approximate surface area is 233 Å². The first-order valence-electron chi connectivity index (χ1n) is 12.8. The Bertz CT molecular complexity index is 1840. The van der Waals surface area contributed by atoms with Crippen LogP contribution in [0.5, 0.6) is 17.2 Å². The number of aromatic nitrogens is 2. The molecular formula is C29H28N4O8.